The van der Waals surface area contributed by atoms with E-state index in [1.165, 1.54) is 12.5 Å². The van der Waals surface area contributed by atoms with E-state index in [2.05, 4.69) is 30.9 Å². The van der Waals surface area contributed by atoms with Crippen molar-refractivity contribution >= 4 is 34.6 Å². The number of amides is 3. The van der Waals surface area contributed by atoms with Gasteiger partial charge in [0.25, 0.3) is 0 Å². The van der Waals surface area contributed by atoms with Crippen LogP contribution in [0.15, 0.2) is 43.0 Å². The average Bonchev–Trinajstić information content (AvgIpc) is 3.59. The molecule has 2 heterocycles. The standard InChI is InChI=1S/C28H39N7O5/c1-5-16(4)24(27(38)34-22(28(39)40)11-18-13-30-14-32-18)35-25(36)21(33-26(37)23(29)15(2)3)10-17-12-31-20-9-7-6-8-19(17)20/h6-9,12-16,21-24,31H,5,10-11,29H2,1-4H3,(H,30,32)(H,33,37)(H,34,38)(H,35,36)(H,39,40). The molecule has 5 atom stereocenters. The van der Waals surface area contributed by atoms with Gasteiger partial charge in [0, 0.05) is 41.8 Å². The number of hydrogen-bond donors (Lipinski definition) is 7. The van der Waals surface area contributed by atoms with Crippen molar-refractivity contribution in [3.05, 3.63) is 54.2 Å². The summed E-state index contributed by atoms with van der Waals surface area (Å²) in [5.74, 6) is -3.39. The van der Waals surface area contributed by atoms with E-state index >= 15 is 0 Å². The number of carbonyl (C=O) groups excluding carboxylic acids is 3. The Morgan fingerprint density at radius 3 is 2.27 bits per heavy atom. The van der Waals surface area contributed by atoms with Gasteiger partial charge in [-0.3, -0.25) is 14.4 Å². The molecule has 0 saturated carbocycles. The number of para-hydroxylation sites is 1. The normalized spacial score (nSPS) is 15.2. The summed E-state index contributed by atoms with van der Waals surface area (Å²) < 4.78 is 0. The van der Waals surface area contributed by atoms with Crippen LogP contribution >= 0.6 is 0 Å². The number of nitrogens with two attached hydrogens (primary N) is 1. The molecule has 0 aliphatic heterocycles. The third kappa shape index (κ3) is 7.69. The molecule has 0 radical (unpaired) electrons. The lowest BCUT2D eigenvalue weighted by Crippen LogP contribution is -2.59. The van der Waals surface area contributed by atoms with E-state index < -0.39 is 47.9 Å². The van der Waals surface area contributed by atoms with Crippen LogP contribution in [-0.2, 0) is 32.0 Å². The van der Waals surface area contributed by atoms with E-state index in [4.69, 9.17) is 5.73 Å². The lowest BCUT2D eigenvalue weighted by Gasteiger charge is -2.28. The highest BCUT2D eigenvalue weighted by Crippen LogP contribution is 2.20. The summed E-state index contributed by atoms with van der Waals surface area (Å²) in [6.45, 7) is 7.27. The maximum Gasteiger partial charge on any atom is 0.326 e. The monoisotopic (exact) mass is 553 g/mol. The van der Waals surface area contributed by atoms with Gasteiger partial charge in [-0.25, -0.2) is 9.78 Å². The van der Waals surface area contributed by atoms with E-state index in [1.807, 2.05) is 45.0 Å². The van der Waals surface area contributed by atoms with Crippen LogP contribution in [0.4, 0.5) is 0 Å². The van der Waals surface area contributed by atoms with E-state index in [9.17, 15) is 24.3 Å². The van der Waals surface area contributed by atoms with Crippen LogP contribution in [0.5, 0.6) is 0 Å². The van der Waals surface area contributed by atoms with Crippen LogP contribution in [0.1, 0.15) is 45.4 Å². The maximum absolute atomic E-state index is 13.7. The van der Waals surface area contributed by atoms with Gasteiger partial charge in [0.15, 0.2) is 0 Å². The summed E-state index contributed by atoms with van der Waals surface area (Å²) >= 11 is 0. The Balaban J connectivity index is 1.83. The molecule has 8 N–H and O–H groups in total. The van der Waals surface area contributed by atoms with Crippen LogP contribution in [0.2, 0.25) is 0 Å². The minimum Gasteiger partial charge on any atom is -0.480 e. The molecule has 0 spiro atoms. The smallest absolute Gasteiger partial charge is 0.326 e. The molecule has 0 saturated heterocycles. The number of hydrogen-bond acceptors (Lipinski definition) is 6. The molecule has 5 unspecified atom stereocenters. The first kappa shape index (κ1) is 30.4. The van der Waals surface area contributed by atoms with Crippen LogP contribution in [0.3, 0.4) is 0 Å². The second-order valence-corrected chi connectivity index (χ2v) is 10.4. The Hall–Kier alpha value is -4.19. The fraction of sp³-hybridized carbons (Fsp3) is 0.464. The van der Waals surface area contributed by atoms with E-state index in [1.54, 1.807) is 13.1 Å². The Morgan fingerprint density at radius 1 is 0.950 bits per heavy atom. The van der Waals surface area contributed by atoms with Gasteiger partial charge in [0.05, 0.1) is 12.4 Å². The molecule has 2 aromatic heterocycles. The summed E-state index contributed by atoms with van der Waals surface area (Å²) in [7, 11) is 0. The van der Waals surface area contributed by atoms with Crippen LogP contribution in [-0.4, -0.2) is 67.9 Å². The van der Waals surface area contributed by atoms with Crippen molar-refractivity contribution in [3.8, 4) is 0 Å². The molecule has 0 aliphatic rings. The van der Waals surface area contributed by atoms with Crippen molar-refractivity contribution in [1.29, 1.82) is 0 Å². The molecule has 12 nitrogen and oxygen atoms in total. The number of nitrogens with one attached hydrogen (secondary N) is 5. The molecule has 216 valence electrons. The van der Waals surface area contributed by atoms with Gasteiger partial charge in [0.1, 0.15) is 18.1 Å². The van der Waals surface area contributed by atoms with Crippen molar-refractivity contribution in [3.63, 3.8) is 0 Å². The number of rotatable bonds is 14. The minimum atomic E-state index is -1.23. The number of benzene rings is 1. The third-order valence-electron chi connectivity index (χ3n) is 7.14. The number of aliphatic carboxylic acids is 1. The second-order valence-electron chi connectivity index (χ2n) is 10.4. The quantitative estimate of drug-likeness (QED) is 0.156. The average molecular weight is 554 g/mol. The predicted octanol–water partition coefficient (Wildman–Crippen LogP) is 1.24. The lowest BCUT2D eigenvalue weighted by molar-refractivity contribution is -0.142. The minimum absolute atomic E-state index is 0.00537. The molecule has 1 aromatic carbocycles. The topological polar surface area (TPSA) is 195 Å². The van der Waals surface area contributed by atoms with Gasteiger partial charge >= 0.3 is 5.97 Å². The first-order valence-corrected chi connectivity index (χ1v) is 13.4. The van der Waals surface area contributed by atoms with Crippen LogP contribution in [0, 0.1) is 11.8 Å². The second kappa shape index (κ2) is 13.7. The third-order valence-corrected chi connectivity index (χ3v) is 7.14. The predicted molar refractivity (Wildman–Crippen MR) is 150 cm³/mol. The molecular formula is C28H39N7O5. The SMILES string of the molecule is CCC(C)C(NC(=O)C(Cc1c[nH]c2ccccc12)NC(=O)C(N)C(C)C)C(=O)NC(Cc1cnc[nH]1)C(=O)O. The van der Waals surface area contributed by atoms with Gasteiger partial charge in [-0.1, -0.05) is 52.3 Å². The highest BCUT2D eigenvalue weighted by Gasteiger charge is 2.33. The summed E-state index contributed by atoms with van der Waals surface area (Å²) in [4.78, 5) is 61.6. The van der Waals surface area contributed by atoms with Crippen molar-refractivity contribution in [1.82, 2.24) is 30.9 Å². The zero-order valence-electron chi connectivity index (χ0n) is 23.2. The number of nitrogens with zero attached hydrogens (tertiary/aromatic N) is 1. The summed E-state index contributed by atoms with van der Waals surface area (Å²) in [5, 5.41) is 18.7. The molecule has 3 rings (SSSR count). The lowest BCUT2D eigenvalue weighted by atomic mass is 9.96. The van der Waals surface area contributed by atoms with E-state index in [-0.39, 0.29) is 24.7 Å². The number of aromatic nitrogens is 3. The fourth-order valence-corrected chi connectivity index (χ4v) is 4.33. The van der Waals surface area contributed by atoms with E-state index in [0.717, 1.165) is 16.5 Å². The molecular weight excluding hydrogens is 514 g/mol. The molecule has 3 amide bonds. The highest BCUT2D eigenvalue weighted by molar-refractivity contribution is 5.95. The Kier molecular flexibility index (Phi) is 10.4. The van der Waals surface area contributed by atoms with E-state index in [0.29, 0.717) is 12.1 Å². The molecule has 3 aromatic rings. The van der Waals surface area contributed by atoms with Gasteiger partial charge < -0.3 is 36.8 Å². The summed E-state index contributed by atoms with van der Waals surface area (Å²) in [6, 6.07) is 3.47. The van der Waals surface area contributed by atoms with Gasteiger partial charge in [-0.15, -0.1) is 0 Å². The number of carbonyl (C=O) groups is 4. The number of fused-ring (bicyclic) bond motifs is 1. The van der Waals surface area contributed by atoms with Gasteiger partial charge in [0.2, 0.25) is 17.7 Å². The number of aromatic amines is 2. The Bertz CT molecular complexity index is 1300. The number of carboxylic acid groups (broad SMARTS) is 1. The maximum atomic E-state index is 13.7. The molecule has 0 bridgehead atoms. The van der Waals surface area contributed by atoms with Crippen LogP contribution in [0.25, 0.3) is 10.9 Å². The molecule has 0 fully saturated rings. The first-order chi connectivity index (χ1) is 19.0. The number of imidazole rings is 1. The van der Waals surface area contributed by atoms with Gasteiger partial charge in [-0.2, -0.15) is 0 Å². The van der Waals surface area contributed by atoms with Crippen molar-refractivity contribution in [2.75, 3.05) is 0 Å². The highest BCUT2D eigenvalue weighted by atomic mass is 16.4. The largest absolute Gasteiger partial charge is 0.480 e. The zero-order chi connectivity index (χ0) is 29.4. The van der Waals surface area contributed by atoms with Crippen molar-refractivity contribution < 1.29 is 24.3 Å². The zero-order valence-corrected chi connectivity index (χ0v) is 23.2. The summed E-state index contributed by atoms with van der Waals surface area (Å²) in [5.41, 5.74) is 8.29. The van der Waals surface area contributed by atoms with Crippen LogP contribution < -0.4 is 21.7 Å². The molecule has 0 aliphatic carbocycles. The fourth-order valence-electron chi connectivity index (χ4n) is 4.33. The van der Waals surface area contributed by atoms with Crippen molar-refractivity contribution in [2.45, 2.75) is 71.1 Å². The number of H-pyrrole nitrogens is 2. The molecule has 40 heavy (non-hydrogen) atoms. The summed E-state index contributed by atoms with van der Waals surface area (Å²) in [6.07, 6.45) is 5.37. The molecule has 12 heteroatoms. The Morgan fingerprint density at radius 2 is 1.65 bits per heavy atom. The van der Waals surface area contributed by atoms with Crippen molar-refractivity contribution in [2.24, 2.45) is 17.6 Å². The Labute approximate surface area is 232 Å². The number of carboxylic acids is 1. The first-order valence-electron chi connectivity index (χ1n) is 13.4. The van der Waals surface area contributed by atoms with Gasteiger partial charge in [-0.05, 0) is 23.5 Å².